The fourth-order valence-corrected chi connectivity index (χ4v) is 3.17. The maximum Gasteiger partial charge on any atom is 0.255 e. The second-order valence-corrected chi connectivity index (χ2v) is 7.81. The molecule has 0 aliphatic carbocycles. The van der Waals surface area contributed by atoms with Crippen LogP contribution in [0.15, 0.2) is 47.3 Å². The van der Waals surface area contributed by atoms with Gasteiger partial charge in [-0.05, 0) is 37.7 Å². The molecule has 0 amide bonds. The highest BCUT2D eigenvalue weighted by atomic mass is 35.5. The van der Waals surface area contributed by atoms with E-state index in [1.165, 1.54) is 12.4 Å². The first kappa shape index (κ1) is 23.1. The molecule has 0 unspecified atom stereocenters. The number of nitrogens with two attached hydrogens (primary N) is 1. The van der Waals surface area contributed by atoms with Gasteiger partial charge in [0.05, 0.1) is 12.7 Å². The van der Waals surface area contributed by atoms with Gasteiger partial charge in [-0.25, -0.2) is 13.8 Å². The van der Waals surface area contributed by atoms with E-state index in [2.05, 4.69) is 25.9 Å². The second-order valence-electron chi connectivity index (χ2n) is 6.05. The maximum absolute atomic E-state index is 12.2. The first-order valence-corrected chi connectivity index (χ1v) is 9.91. The minimum Gasteiger partial charge on any atom is -0.384 e. The van der Waals surface area contributed by atoms with Gasteiger partial charge < -0.3 is 21.7 Å². The van der Waals surface area contributed by atoms with E-state index < -0.39 is 13.0 Å². The number of aromatic nitrogens is 2. The first-order chi connectivity index (χ1) is 13.9. The summed E-state index contributed by atoms with van der Waals surface area (Å²) in [6, 6.07) is 8.02. The number of hydrogen-bond acceptors (Lipinski definition) is 8. The Balaban J connectivity index is 2.07. The highest BCUT2D eigenvalue weighted by Crippen LogP contribution is 2.26. The number of benzene rings is 1. The van der Waals surface area contributed by atoms with Gasteiger partial charge in [0.1, 0.15) is 5.02 Å². The normalized spacial score (nSPS) is 11.8. The zero-order valence-electron chi connectivity index (χ0n) is 16.1. The Morgan fingerprint density at radius 1 is 1.34 bits per heavy atom. The Morgan fingerprint density at radius 2 is 2.10 bits per heavy atom. The molecular formula is C18H24ClF2N7S. The van der Waals surface area contributed by atoms with Gasteiger partial charge in [0.2, 0.25) is 5.95 Å². The van der Waals surface area contributed by atoms with Crippen molar-refractivity contribution in [2.24, 2.45) is 5.73 Å². The average molecular weight is 444 g/mol. The molecule has 7 nitrogen and oxygen atoms in total. The lowest BCUT2D eigenvalue weighted by atomic mass is 10.2. The minimum atomic E-state index is -2.46. The third-order valence-corrected chi connectivity index (χ3v) is 4.72. The standard InChI is InChI=1S/C18H24ClF2N7S/c1-28(2)29-15-6-4-3-5-12(15)8-24-17-14(19)10-25-18(27-17)26-13(7-22)9-23-11-16(20)21/h3-6,9-10,16,23H,7-8,11,22H2,1-2H3,(H2,24,25,26,27)/b13-9+. The third-order valence-electron chi connectivity index (χ3n) is 3.48. The maximum atomic E-state index is 12.2. The summed E-state index contributed by atoms with van der Waals surface area (Å²) >= 11 is 7.83. The Kier molecular flexibility index (Phi) is 9.39. The predicted molar refractivity (Wildman–Crippen MR) is 115 cm³/mol. The highest BCUT2D eigenvalue weighted by Gasteiger charge is 2.09. The van der Waals surface area contributed by atoms with E-state index in [9.17, 15) is 8.78 Å². The van der Waals surface area contributed by atoms with Crippen LogP contribution in [0, 0.1) is 0 Å². The van der Waals surface area contributed by atoms with E-state index >= 15 is 0 Å². The van der Waals surface area contributed by atoms with Crippen molar-refractivity contribution in [3.05, 3.63) is 52.9 Å². The van der Waals surface area contributed by atoms with Gasteiger partial charge >= 0.3 is 0 Å². The molecule has 0 atom stereocenters. The molecule has 1 aromatic heterocycles. The summed E-state index contributed by atoms with van der Waals surface area (Å²) in [5.41, 5.74) is 7.19. The Hall–Kier alpha value is -2.14. The highest BCUT2D eigenvalue weighted by molar-refractivity contribution is 7.97. The van der Waals surface area contributed by atoms with Gasteiger partial charge in [0.15, 0.2) is 5.82 Å². The molecule has 0 bridgehead atoms. The predicted octanol–water partition coefficient (Wildman–Crippen LogP) is 3.38. The quantitative estimate of drug-likeness (QED) is 0.393. The zero-order valence-corrected chi connectivity index (χ0v) is 17.7. The van der Waals surface area contributed by atoms with Crippen LogP contribution in [0.5, 0.6) is 0 Å². The van der Waals surface area contributed by atoms with Crippen LogP contribution in [0.1, 0.15) is 5.56 Å². The number of anilines is 2. The SMILES string of the molecule is CN(C)Sc1ccccc1CNc1nc(N/C(=C/NCC(F)F)CN)ncc1Cl. The van der Waals surface area contributed by atoms with E-state index in [0.717, 1.165) is 10.5 Å². The van der Waals surface area contributed by atoms with Crippen LogP contribution in [0.4, 0.5) is 20.5 Å². The summed E-state index contributed by atoms with van der Waals surface area (Å²) in [5, 5.41) is 8.97. The van der Waals surface area contributed by atoms with E-state index in [4.69, 9.17) is 17.3 Å². The summed E-state index contributed by atoms with van der Waals surface area (Å²) in [6.45, 7) is 0.146. The van der Waals surface area contributed by atoms with E-state index in [-0.39, 0.29) is 12.5 Å². The monoisotopic (exact) mass is 443 g/mol. The van der Waals surface area contributed by atoms with Crippen LogP contribution in [0.3, 0.4) is 0 Å². The van der Waals surface area contributed by atoms with Gasteiger partial charge in [-0.2, -0.15) is 4.98 Å². The number of rotatable bonds is 11. The number of nitrogens with zero attached hydrogens (tertiary/aromatic N) is 3. The molecule has 2 aromatic rings. The number of nitrogens with one attached hydrogen (secondary N) is 3. The van der Waals surface area contributed by atoms with Crippen molar-refractivity contribution in [2.45, 2.75) is 17.9 Å². The lowest BCUT2D eigenvalue weighted by Crippen LogP contribution is -2.21. The molecule has 0 radical (unpaired) electrons. The van der Waals surface area contributed by atoms with Gasteiger partial charge in [0.25, 0.3) is 6.43 Å². The lowest BCUT2D eigenvalue weighted by Gasteiger charge is -2.15. The average Bonchev–Trinajstić information content (AvgIpc) is 2.67. The number of halogens is 3. The fraction of sp³-hybridized carbons (Fsp3) is 0.333. The first-order valence-electron chi connectivity index (χ1n) is 8.76. The molecule has 0 spiro atoms. The topological polar surface area (TPSA) is 91.1 Å². The molecule has 1 aromatic carbocycles. The molecular weight excluding hydrogens is 420 g/mol. The van der Waals surface area contributed by atoms with Crippen LogP contribution < -0.4 is 21.7 Å². The lowest BCUT2D eigenvalue weighted by molar-refractivity contribution is 0.150. The van der Waals surface area contributed by atoms with Gasteiger partial charge in [0, 0.05) is 29.9 Å². The summed E-state index contributed by atoms with van der Waals surface area (Å²) in [6.07, 6.45) is 0.383. The molecule has 1 heterocycles. The van der Waals surface area contributed by atoms with Crippen molar-refractivity contribution in [2.75, 3.05) is 37.8 Å². The Bertz CT molecular complexity index is 821. The molecule has 29 heavy (non-hydrogen) atoms. The summed E-state index contributed by atoms with van der Waals surface area (Å²) in [5.74, 6) is 0.703. The Labute approximate surface area is 178 Å². The summed E-state index contributed by atoms with van der Waals surface area (Å²) < 4.78 is 26.5. The van der Waals surface area contributed by atoms with Gasteiger partial charge in [-0.15, -0.1) is 0 Å². The molecule has 158 valence electrons. The minimum absolute atomic E-state index is 0.0973. The van der Waals surface area contributed by atoms with Crippen molar-refractivity contribution in [1.29, 1.82) is 0 Å². The van der Waals surface area contributed by atoms with Crippen molar-refractivity contribution in [1.82, 2.24) is 19.6 Å². The van der Waals surface area contributed by atoms with Crippen molar-refractivity contribution < 1.29 is 8.78 Å². The van der Waals surface area contributed by atoms with Crippen LogP contribution in [-0.4, -0.2) is 47.9 Å². The van der Waals surface area contributed by atoms with E-state index in [1.54, 1.807) is 11.9 Å². The molecule has 0 aliphatic heterocycles. The van der Waals surface area contributed by atoms with E-state index in [1.807, 2.05) is 42.7 Å². The molecule has 11 heteroatoms. The largest absolute Gasteiger partial charge is 0.384 e. The van der Waals surface area contributed by atoms with Crippen molar-refractivity contribution in [3.8, 4) is 0 Å². The van der Waals surface area contributed by atoms with Crippen LogP contribution in [0.25, 0.3) is 0 Å². The molecule has 0 saturated heterocycles. The van der Waals surface area contributed by atoms with E-state index in [0.29, 0.717) is 23.1 Å². The Morgan fingerprint density at radius 3 is 2.79 bits per heavy atom. The van der Waals surface area contributed by atoms with Gasteiger partial charge in [-0.1, -0.05) is 29.8 Å². The molecule has 2 rings (SSSR count). The van der Waals surface area contributed by atoms with Gasteiger partial charge in [-0.3, -0.25) is 4.31 Å². The third kappa shape index (κ3) is 8.01. The fourth-order valence-electron chi connectivity index (χ4n) is 2.23. The number of hydrogen-bond donors (Lipinski definition) is 4. The van der Waals surface area contributed by atoms with Crippen LogP contribution in [-0.2, 0) is 6.54 Å². The summed E-state index contributed by atoms with van der Waals surface area (Å²) in [4.78, 5) is 9.58. The zero-order chi connectivity index (χ0) is 21.2. The molecule has 0 saturated carbocycles. The smallest absolute Gasteiger partial charge is 0.255 e. The van der Waals surface area contributed by atoms with Crippen LogP contribution >= 0.6 is 23.5 Å². The van der Waals surface area contributed by atoms with Crippen molar-refractivity contribution >= 4 is 35.3 Å². The molecule has 5 N–H and O–H groups in total. The van der Waals surface area contributed by atoms with Crippen molar-refractivity contribution in [3.63, 3.8) is 0 Å². The molecule has 0 aliphatic rings. The summed E-state index contributed by atoms with van der Waals surface area (Å²) in [7, 11) is 3.96. The second kappa shape index (κ2) is 11.8. The number of alkyl halides is 2. The molecule has 0 fully saturated rings. The van der Waals surface area contributed by atoms with Crippen LogP contribution in [0.2, 0.25) is 5.02 Å².